The third-order valence-electron chi connectivity index (χ3n) is 2.36. The minimum absolute atomic E-state index is 0.239. The standard InChI is InChI=1S/C10H13ClN4/c1-6(2)15-9-8(14-10(15)11)7(5-12)3-4-13-9/h3-4,6H,5,12H2,1-2H3. The van der Waals surface area contributed by atoms with Crippen LogP contribution in [0.4, 0.5) is 0 Å². The maximum atomic E-state index is 6.06. The number of halogens is 1. The summed E-state index contributed by atoms with van der Waals surface area (Å²) in [5, 5.41) is 0.466. The molecule has 0 aliphatic carbocycles. The van der Waals surface area contributed by atoms with E-state index in [1.807, 2.05) is 24.5 Å². The maximum Gasteiger partial charge on any atom is 0.205 e. The summed E-state index contributed by atoms with van der Waals surface area (Å²) in [5.41, 5.74) is 8.21. The summed E-state index contributed by atoms with van der Waals surface area (Å²) < 4.78 is 1.90. The predicted octanol–water partition coefficient (Wildman–Crippen LogP) is 2.12. The number of aromatic nitrogens is 3. The molecule has 0 radical (unpaired) electrons. The van der Waals surface area contributed by atoms with Crippen molar-refractivity contribution in [2.45, 2.75) is 26.4 Å². The molecular formula is C10H13ClN4. The van der Waals surface area contributed by atoms with Crippen LogP contribution in [0.2, 0.25) is 5.28 Å². The number of hydrogen-bond donors (Lipinski definition) is 1. The first-order chi connectivity index (χ1) is 7.15. The van der Waals surface area contributed by atoms with Crippen LogP contribution in [-0.4, -0.2) is 14.5 Å². The summed E-state index contributed by atoms with van der Waals surface area (Å²) in [7, 11) is 0. The average molecular weight is 225 g/mol. The zero-order valence-corrected chi connectivity index (χ0v) is 9.49. The molecule has 2 aromatic rings. The Bertz CT molecular complexity index is 489. The van der Waals surface area contributed by atoms with E-state index in [-0.39, 0.29) is 6.04 Å². The van der Waals surface area contributed by atoms with E-state index in [0.29, 0.717) is 11.8 Å². The highest BCUT2D eigenvalue weighted by Crippen LogP contribution is 2.24. The summed E-state index contributed by atoms with van der Waals surface area (Å²) in [6, 6.07) is 2.11. The van der Waals surface area contributed by atoms with Gasteiger partial charge in [0, 0.05) is 18.8 Å². The lowest BCUT2D eigenvalue weighted by Gasteiger charge is -2.08. The van der Waals surface area contributed by atoms with Crippen LogP contribution >= 0.6 is 11.6 Å². The van der Waals surface area contributed by atoms with Crippen LogP contribution in [-0.2, 0) is 6.54 Å². The zero-order chi connectivity index (χ0) is 11.0. The van der Waals surface area contributed by atoms with Gasteiger partial charge in [-0.3, -0.25) is 4.57 Å². The normalized spacial score (nSPS) is 11.5. The Morgan fingerprint density at radius 2 is 2.27 bits per heavy atom. The van der Waals surface area contributed by atoms with Gasteiger partial charge in [0.1, 0.15) is 5.52 Å². The van der Waals surface area contributed by atoms with Crippen molar-refractivity contribution in [3.8, 4) is 0 Å². The summed E-state index contributed by atoms with van der Waals surface area (Å²) in [5.74, 6) is 0. The molecule has 0 unspecified atom stereocenters. The Balaban J connectivity index is 2.78. The second kappa shape index (κ2) is 3.79. The van der Waals surface area contributed by atoms with Gasteiger partial charge in [0.25, 0.3) is 0 Å². The van der Waals surface area contributed by atoms with Crippen molar-refractivity contribution in [2.75, 3.05) is 0 Å². The quantitative estimate of drug-likeness (QED) is 0.850. The van der Waals surface area contributed by atoms with Gasteiger partial charge >= 0.3 is 0 Å². The number of nitrogens with two attached hydrogens (primary N) is 1. The smallest absolute Gasteiger partial charge is 0.205 e. The molecule has 2 rings (SSSR count). The minimum atomic E-state index is 0.239. The third kappa shape index (κ3) is 1.60. The molecule has 0 bridgehead atoms. The van der Waals surface area contributed by atoms with Gasteiger partial charge < -0.3 is 5.73 Å². The summed E-state index contributed by atoms with van der Waals surface area (Å²) in [6.07, 6.45) is 1.74. The van der Waals surface area contributed by atoms with E-state index in [1.165, 1.54) is 0 Å². The molecular weight excluding hydrogens is 212 g/mol. The van der Waals surface area contributed by atoms with E-state index in [2.05, 4.69) is 9.97 Å². The van der Waals surface area contributed by atoms with Gasteiger partial charge in [-0.2, -0.15) is 0 Å². The first-order valence-electron chi connectivity index (χ1n) is 4.86. The molecule has 15 heavy (non-hydrogen) atoms. The van der Waals surface area contributed by atoms with Crippen LogP contribution in [0.25, 0.3) is 11.2 Å². The molecule has 0 spiro atoms. The van der Waals surface area contributed by atoms with Gasteiger partial charge in [0.15, 0.2) is 5.65 Å². The molecule has 0 aliphatic rings. The highest BCUT2D eigenvalue weighted by molar-refractivity contribution is 6.29. The molecule has 0 fully saturated rings. The molecule has 0 saturated carbocycles. The van der Waals surface area contributed by atoms with Gasteiger partial charge in [-0.05, 0) is 37.1 Å². The van der Waals surface area contributed by atoms with E-state index < -0.39 is 0 Å². The van der Waals surface area contributed by atoms with E-state index in [4.69, 9.17) is 17.3 Å². The summed E-state index contributed by atoms with van der Waals surface area (Å²) >= 11 is 6.06. The van der Waals surface area contributed by atoms with Crippen molar-refractivity contribution in [1.82, 2.24) is 14.5 Å². The topological polar surface area (TPSA) is 56.7 Å². The second-order valence-corrected chi connectivity index (χ2v) is 4.03. The Morgan fingerprint density at radius 1 is 1.53 bits per heavy atom. The Morgan fingerprint density at radius 3 is 2.87 bits per heavy atom. The molecule has 5 heteroatoms. The van der Waals surface area contributed by atoms with Crippen molar-refractivity contribution >= 4 is 22.8 Å². The van der Waals surface area contributed by atoms with Gasteiger partial charge in [0.05, 0.1) is 0 Å². The SMILES string of the molecule is CC(C)n1c(Cl)nc2c(CN)ccnc21. The van der Waals surface area contributed by atoms with Crippen molar-refractivity contribution in [2.24, 2.45) is 5.73 Å². The van der Waals surface area contributed by atoms with Gasteiger partial charge in [0.2, 0.25) is 5.28 Å². The number of rotatable bonds is 2. The van der Waals surface area contributed by atoms with E-state index in [9.17, 15) is 0 Å². The fourth-order valence-corrected chi connectivity index (χ4v) is 2.00. The molecule has 4 nitrogen and oxygen atoms in total. The van der Waals surface area contributed by atoms with Crippen molar-refractivity contribution in [3.63, 3.8) is 0 Å². The average Bonchev–Trinajstić information content (AvgIpc) is 2.53. The first kappa shape index (κ1) is 10.4. The number of nitrogens with zero attached hydrogens (tertiary/aromatic N) is 3. The van der Waals surface area contributed by atoms with Crippen molar-refractivity contribution < 1.29 is 0 Å². The zero-order valence-electron chi connectivity index (χ0n) is 8.74. The van der Waals surface area contributed by atoms with Gasteiger partial charge in [-0.1, -0.05) is 0 Å². The molecule has 0 amide bonds. The highest BCUT2D eigenvalue weighted by Gasteiger charge is 2.14. The van der Waals surface area contributed by atoms with Crippen LogP contribution in [0.1, 0.15) is 25.5 Å². The lowest BCUT2D eigenvalue weighted by Crippen LogP contribution is -2.02. The molecule has 2 N–H and O–H groups in total. The molecule has 2 aromatic heterocycles. The Hall–Kier alpha value is -1.13. The fraction of sp³-hybridized carbons (Fsp3) is 0.400. The maximum absolute atomic E-state index is 6.06. The molecule has 0 aliphatic heterocycles. The lowest BCUT2D eigenvalue weighted by atomic mass is 10.2. The van der Waals surface area contributed by atoms with E-state index >= 15 is 0 Å². The number of hydrogen-bond acceptors (Lipinski definition) is 3. The van der Waals surface area contributed by atoms with Crippen LogP contribution in [0.3, 0.4) is 0 Å². The lowest BCUT2D eigenvalue weighted by molar-refractivity contribution is 0.614. The molecule has 0 atom stereocenters. The van der Waals surface area contributed by atoms with Gasteiger partial charge in [-0.25, -0.2) is 9.97 Å². The molecule has 0 saturated heterocycles. The van der Waals surface area contributed by atoms with E-state index in [1.54, 1.807) is 6.20 Å². The number of pyridine rings is 1. The largest absolute Gasteiger partial charge is 0.326 e. The number of imidazole rings is 1. The fourth-order valence-electron chi connectivity index (χ4n) is 1.64. The molecule has 0 aromatic carbocycles. The minimum Gasteiger partial charge on any atom is -0.326 e. The van der Waals surface area contributed by atoms with Crippen LogP contribution in [0.15, 0.2) is 12.3 Å². The number of fused-ring (bicyclic) bond motifs is 1. The molecule has 2 heterocycles. The highest BCUT2D eigenvalue weighted by atomic mass is 35.5. The predicted molar refractivity (Wildman–Crippen MR) is 60.8 cm³/mol. The monoisotopic (exact) mass is 224 g/mol. The molecule has 80 valence electrons. The van der Waals surface area contributed by atoms with Crippen LogP contribution in [0.5, 0.6) is 0 Å². The van der Waals surface area contributed by atoms with Gasteiger partial charge in [-0.15, -0.1) is 0 Å². The summed E-state index contributed by atoms with van der Waals surface area (Å²) in [6.45, 7) is 4.54. The van der Waals surface area contributed by atoms with Crippen LogP contribution < -0.4 is 5.73 Å². The first-order valence-corrected chi connectivity index (χ1v) is 5.24. The summed E-state index contributed by atoms with van der Waals surface area (Å²) in [4.78, 5) is 8.58. The second-order valence-electron chi connectivity index (χ2n) is 3.69. The van der Waals surface area contributed by atoms with E-state index in [0.717, 1.165) is 16.7 Å². The Labute approximate surface area is 93.1 Å². The van der Waals surface area contributed by atoms with Crippen molar-refractivity contribution in [3.05, 3.63) is 23.1 Å². The van der Waals surface area contributed by atoms with Crippen LogP contribution in [0, 0.1) is 0 Å². The third-order valence-corrected chi connectivity index (χ3v) is 2.62. The van der Waals surface area contributed by atoms with Crippen molar-refractivity contribution in [1.29, 1.82) is 0 Å². The Kier molecular flexibility index (Phi) is 2.63.